The molecule has 4 nitrogen and oxygen atoms in total. The molecule has 24 heavy (non-hydrogen) atoms. The van der Waals surface area contributed by atoms with Crippen LogP contribution in [0.3, 0.4) is 0 Å². The molecule has 1 aliphatic heterocycles. The van der Waals surface area contributed by atoms with Crippen LogP contribution in [0.25, 0.3) is 0 Å². The van der Waals surface area contributed by atoms with Gasteiger partial charge in [-0.2, -0.15) is 0 Å². The Morgan fingerprint density at radius 3 is 1.50 bits per heavy atom. The van der Waals surface area contributed by atoms with Gasteiger partial charge in [-0.25, -0.2) is 0 Å². The Labute approximate surface area is 143 Å². The highest BCUT2D eigenvalue weighted by molar-refractivity contribution is 5.81. The lowest BCUT2D eigenvalue weighted by molar-refractivity contribution is -0.125. The summed E-state index contributed by atoms with van der Waals surface area (Å²) in [7, 11) is 5.41. The molecule has 0 N–H and O–H groups in total. The summed E-state index contributed by atoms with van der Waals surface area (Å²) in [6.07, 6.45) is 1.10. The fraction of sp³-hybridized carbons (Fsp3) is 0.350. The van der Waals surface area contributed by atoms with E-state index in [0.717, 1.165) is 22.6 Å². The minimum Gasteiger partial charge on any atom is -0.497 e. The second-order valence-corrected chi connectivity index (χ2v) is 6.19. The van der Waals surface area contributed by atoms with Gasteiger partial charge in [0.1, 0.15) is 17.3 Å². The summed E-state index contributed by atoms with van der Waals surface area (Å²) in [5.41, 5.74) is 2.29. The van der Waals surface area contributed by atoms with E-state index in [9.17, 15) is 4.79 Å². The monoisotopic (exact) mass is 325 g/mol. The Balaban J connectivity index is 1.86. The zero-order chi connectivity index (χ0) is 17.1. The van der Waals surface area contributed by atoms with Crippen LogP contribution in [0.15, 0.2) is 48.5 Å². The Morgan fingerprint density at radius 2 is 1.17 bits per heavy atom. The number of ether oxygens (including phenoxy) is 2. The van der Waals surface area contributed by atoms with Crippen molar-refractivity contribution in [2.45, 2.75) is 24.9 Å². The minimum atomic E-state index is 0.0873. The van der Waals surface area contributed by atoms with Crippen molar-refractivity contribution in [2.75, 3.05) is 21.3 Å². The van der Waals surface area contributed by atoms with E-state index in [1.807, 2.05) is 48.5 Å². The predicted octanol–water partition coefficient (Wildman–Crippen LogP) is 3.78. The zero-order valence-electron chi connectivity index (χ0n) is 14.4. The van der Waals surface area contributed by atoms with Crippen molar-refractivity contribution in [1.82, 2.24) is 4.90 Å². The van der Waals surface area contributed by atoms with Gasteiger partial charge in [-0.05, 0) is 42.4 Å². The molecule has 1 saturated heterocycles. The van der Waals surface area contributed by atoms with E-state index in [4.69, 9.17) is 9.47 Å². The van der Waals surface area contributed by atoms with Crippen LogP contribution in [0.4, 0.5) is 0 Å². The first-order valence-corrected chi connectivity index (χ1v) is 8.14. The normalized spacial score (nSPS) is 21.5. The van der Waals surface area contributed by atoms with Crippen molar-refractivity contribution in [3.63, 3.8) is 0 Å². The third kappa shape index (κ3) is 3.29. The SMILES string of the molecule is COc1ccc(C2CC(=O)CC(c3ccc(OC)cc3)N2C)cc1. The maximum atomic E-state index is 12.3. The van der Waals surface area contributed by atoms with Crippen LogP contribution in [0.1, 0.15) is 36.1 Å². The van der Waals surface area contributed by atoms with E-state index in [2.05, 4.69) is 11.9 Å². The molecule has 0 bridgehead atoms. The third-order valence-electron chi connectivity index (χ3n) is 4.83. The molecule has 1 aliphatic rings. The van der Waals surface area contributed by atoms with Gasteiger partial charge in [-0.15, -0.1) is 0 Å². The summed E-state index contributed by atoms with van der Waals surface area (Å²) in [4.78, 5) is 14.6. The number of rotatable bonds is 4. The topological polar surface area (TPSA) is 38.8 Å². The largest absolute Gasteiger partial charge is 0.497 e. The molecule has 4 heteroatoms. The van der Waals surface area contributed by atoms with Crippen molar-refractivity contribution in [1.29, 1.82) is 0 Å². The van der Waals surface area contributed by atoms with Crippen LogP contribution in [0.5, 0.6) is 11.5 Å². The summed E-state index contributed by atoms with van der Waals surface area (Å²) in [5.74, 6) is 1.96. The van der Waals surface area contributed by atoms with Gasteiger partial charge >= 0.3 is 0 Å². The Kier molecular flexibility index (Phi) is 4.86. The average Bonchev–Trinajstić information content (AvgIpc) is 2.63. The lowest BCUT2D eigenvalue weighted by Gasteiger charge is -2.39. The van der Waals surface area contributed by atoms with Crippen molar-refractivity contribution < 1.29 is 14.3 Å². The molecule has 0 radical (unpaired) electrons. The molecule has 0 saturated carbocycles. The molecule has 1 heterocycles. The third-order valence-corrected chi connectivity index (χ3v) is 4.83. The van der Waals surface area contributed by atoms with Gasteiger partial charge in [0.05, 0.1) is 14.2 Å². The van der Waals surface area contributed by atoms with Gasteiger partial charge in [0.25, 0.3) is 0 Å². The van der Waals surface area contributed by atoms with Crippen LogP contribution in [0.2, 0.25) is 0 Å². The smallest absolute Gasteiger partial charge is 0.136 e. The summed E-state index contributed by atoms with van der Waals surface area (Å²) in [5, 5.41) is 0. The van der Waals surface area contributed by atoms with Crippen LogP contribution in [-0.2, 0) is 4.79 Å². The van der Waals surface area contributed by atoms with Crippen molar-refractivity contribution >= 4 is 5.78 Å². The number of piperidine rings is 1. The number of ketones is 1. The van der Waals surface area contributed by atoms with Crippen LogP contribution < -0.4 is 9.47 Å². The quantitative estimate of drug-likeness (QED) is 0.857. The number of methoxy groups -OCH3 is 2. The number of benzene rings is 2. The summed E-state index contributed by atoms with van der Waals surface area (Å²) >= 11 is 0. The first kappa shape index (κ1) is 16.5. The molecule has 2 unspecified atom stereocenters. The maximum Gasteiger partial charge on any atom is 0.136 e. The van der Waals surface area contributed by atoms with Crippen LogP contribution in [0, 0.1) is 0 Å². The van der Waals surface area contributed by atoms with E-state index < -0.39 is 0 Å². The molecular weight excluding hydrogens is 302 g/mol. The second-order valence-electron chi connectivity index (χ2n) is 6.19. The molecule has 126 valence electrons. The molecular formula is C20H23NO3. The summed E-state index contributed by atoms with van der Waals surface area (Å²) < 4.78 is 10.4. The lowest BCUT2D eigenvalue weighted by Crippen LogP contribution is -2.37. The number of nitrogens with zero attached hydrogens (tertiary/aromatic N) is 1. The first-order valence-electron chi connectivity index (χ1n) is 8.14. The van der Waals surface area contributed by atoms with E-state index >= 15 is 0 Å². The average molecular weight is 325 g/mol. The van der Waals surface area contributed by atoms with E-state index in [1.165, 1.54) is 0 Å². The Hall–Kier alpha value is -2.33. The van der Waals surface area contributed by atoms with E-state index in [-0.39, 0.29) is 12.1 Å². The molecule has 3 rings (SSSR count). The molecule has 1 fully saturated rings. The highest BCUT2D eigenvalue weighted by Crippen LogP contribution is 2.39. The first-order chi connectivity index (χ1) is 11.6. The Bertz CT molecular complexity index is 634. The summed E-state index contributed by atoms with van der Waals surface area (Å²) in [6, 6.07) is 16.2. The van der Waals surface area contributed by atoms with Gasteiger partial charge in [0.15, 0.2) is 0 Å². The lowest BCUT2D eigenvalue weighted by atomic mass is 9.87. The standard InChI is InChI=1S/C20H23NO3/c1-21-19(14-4-8-17(23-2)9-5-14)12-16(22)13-20(21)15-6-10-18(24-3)11-7-15/h4-11,19-20H,12-13H2,1-3H3. The highest BCUT2D eigenvalue weighted by Gasteiger charge is 2.33. The van der Waals surface area contributed by atoms with E-state index in [1.54, 1.807) is 14.2 Å². The summed E-state index contributed by atoms with van der Waals surface area (Å²) in [6.45, 7) is 0. The number of carbonyl (C=O) groups is 1. The predicted molar refractivity (Wildman–Crippen MR) is 93.5 cm³/mol. The minimum absolute atomic E-state index is 0.0873. The van der Waals surface area contributed by atoms with Crippen molar-refractivity contribution in [3.8, 4) is 11.5 Å². The zero-order valence-corrected chi connectivity index (χ0v) is 14.4. The Morgan fingerprint density at radius 1 is 0.792 bits per heavy atom. The van der Waals surface area contributed by atoms with Gasteiger partial charge in [-0.1, -0.05) is 24.3 Å². The maximum absolute atomic E-state index is 12.3. The number of hydrogen-bond donors (Lipinski definition) is 0. The van der Waals surface area contributed by atoms with Crippen LogP contribution in [-0.4, -0.2) is 32.0 Å². The number of Topliss-reactive ketones (excluding diaryl/α,β-unsaturated/α-hetero) is 1. The molecule has 0 aromatic heterocycles. The van der Waals surface area contributed by atoms with E-state index in [0.29, 0.717) is 18.6 Å². The molecule has 0 aliphatic carbocycles. The fourth-order valence-corrected chi connectivity index (χ4v) is 3.38. The van der Waals surface area contributed by atoms with Crippen molar-refractivity contribution in [2.24, 2.45) is 0 Å². The number of hydrogen-bond acceptors (Lipinski definition) is 4. The molecule has 2 aromatic carbocycles. The number of likely N-dealkylation sites (tertiary alicyclic amines) is 1. The van der Waals surface area contributed by atoms with Crippen molar-refractivity contribution in [3.05, 3.63) is 59.7 Å². The van der Waals surface area contributed by atoms with Crippen LogP contribution >= 0.6 is 0 Å². The molecule has 2 atom stereocenters. The van der Waals surface area contributed by atoms with Gasteiger partial charge in [0.2, 0.25) is 0 Å². The fourth-order valence-electron chi connectivity index (χ4n) is 3.38. The molecule has 0 amide bonds. The van der Waals surface area contributed by atoms with Gasteiger partial charge in [-0.3, -0.25) is 9.69 Å². The van der Waals surface area contributed by atoms with Gasteiger partial charge < -0.3 is 9.47 Å². The number of carbonyl (C=O) groups excluding carboxylic acids is 1. The second kappa shape index (κ2) is 7.05. The molecule has 0 spiro atoms. The van der Waals surface area contributed by atoms with Gasteiger partial charge in [0, 0.05) is 24.9 Å². The highest BCUT2D eigenvalue weighted by atomic mass is 16.5. The molecule has 2 aromatic rings.